The fourth-order valence-electron chi connectivity index (χ4n) is 4.09. The summed E-state index contributed by atoms with van der Waals surface area (Å²) in [7, 11) is 1.47. The highest BCUT2D eigenvalue weighted by molar-refractivity contribution is 6.31. The summed E-state index contributed by atoms with van der Waals surface area (Å²) >= 11 is 6.31. The van der Waals surface area contributed by atoms with Crippen molar-refractivity contribution in [3.8, 4) is 0 Å². The Morgan fingerprint density at radius 3 is 2.14 bits per heavy atom. The van der Waals surface area contributed by atoms with Crippen molar-refractivity contribution in [2.24, 2.45) is 0 Å². The molecule has 1 aliphatic heterocycles. The van der Waals surface area contributed by atoms with E-state index < -0.39 is 29.7 Å². The van der Waals surface area contributed by atoms with Crippen molar-refractivity contribution in [2.75, 3.05) is 26.8 Å². The number of carboxylic acids is 2. The molecule has 0 aliphatic carbocycles. The minimum Gasteiger partial charge on any atom is -0.478 e. The van der Waals surface area contributed by atoms with Gasteiger partial charge in [-0.25, -0.2) is 9.59 Å². The van der Waals surface area contributed by atoms with Gasteiger partial charge in [-0.1, -0.05) is 41.9 Å². The smallest absolute Gasteiger partial charge is 0.334 e. The van der Waals surface area contributed by atoms with E-state index in [1.165, 1.54) is 26.1 Å². The Balaban J connectivity index is 1.74. The highest BCUT2D eigenvalue weighted by Gasteiger charge is 2.38. The Morgan fingerprint density at radius 1 is 0.946 bits per heavy atom. The summed E-state index contributed by atoms with van der Waals surface area (Å²) in [5.41, 5.74) is 0.899. The first-order valence-corrected chi connectivity index (χ1v) is 11.6. The zero-order valence-electron chi connectivity index (χ0n) is 20.1. The molecule has 0 radical (unpaired) electrons. The predicted molar refractivity (Wildman–Crippen MR) is 135 cm³/mol. The molecule has 1 atom stereocenters. The summed E-state index contributed by atoms with van der Waals surface area (Å²) in [6.45, 7) is 1.46. The maximum atomic E-state index is 12.5. The van der Waals surface area contributed by atoms with E-state index in [0.717, 1.165) is 0 Å². The van der Waals surface area contributed by atoms with E-state index >= 15 is 0 Å². The average molecular weight is 528 g/mol. The van der Waals surface area contributed by atoms with Gasteiger partial charge >= 0.3 is 11.9 Å². The molecule has 194 valence electrons. The molecule has 1 heterocycles. The molecule has 2 amide bonds. The van der Waals surface area contributed by atoms with Crippen LogP contribution in [0.15, 0.2) is 71.1 Å². The van der Waals surface area contributed by atoms with Gasteiger partial charge in [-0.05, 0) is 30.7 Å². The normalized spacial score (nSPS) is 15.2. The number of benzene rings is 2. The lowest BCUT2D eigenvalue weighted by Crippen LogP contribution is -2.34. The second-order valence-electron chi connectivity index (χ2n) is 8.05. The van der Waals surface area contributed by atoms with Crippen LogP contribution in [0.1, 0.15) is 39.1 Å². The predicted octanol–water partition coefficient (Wildman–Crippen LogP) is 2.53. The summed E-state index contributed by atoms with van der Waals surface area (Å²) < 4.78 is 5.62. The van der Waals surface area contributed by atoms with E-state index in [0.29, 0.717) is 5.56 Å². The summed E-state index contributed by atoms with van der Waals surface area (Å²) in [5.74, 6) is -4.57. The summed E-state index contributed by atoms with van der Waals surface area (Å²) in [4.78, 5) is 48.9. The van der Waals surface area contributed by atoms with E-state index in [9.17, 15) is 29.4 Å². The summed E-state index contributed by atoms with van der Waals surface area (Å²) in [5, 5.41) is 28.1. The molecule has 2 aromatic rings. The monoisotopic (exact) mass is 527 g/mol. The van der Waals surface area contributed by atoms with Gasteiger partial charge in [-0.15, -0.1) is 0 Å². The van der Waals surface area contributed by atoms with E-state index in [1.54, 1.807) is 36.4 Å². The van der Waals surface area contributed by atoms with Crippen LogP contribution in [0.4, 0.5) is 0 Å². The van der Waals surface area contributed by atoms with Gasteiger partial charge in [0.15, 0.2) is 0 Å². The molecule has 1 aliphatic rings. The second-order valence-corrected chi connectivity index (χ2v) is 8.46. The van der Waals surface area contributed by atoms with Gasteiger partial charge in [-0.2, -0.15) is 0 Å². The first kappa shape index (κ1) is 27.4. The molecule has 0 saturated carbocycles. The van der Waals surface area contributed by atoms with Crippen LogP contribution in [0.5, 0.6) is 0 Å². The molecule has 11 heteroatoms. The second kappa shape index (κ2) is 12.2. The topological polar surface area (TPSA) is 154 Å². The lowest BCUT2D eigenvalue weighted by molar-refractivity contribution is -0.133. The highest BCUT2D eigenvalue weighted by Crippen LogP contribution is 2.41. The number of hydrogen-bond acceptors (Lipinski definition) is 6. The Hall–Kier alpha value is -4.15. The number of dihydropyridines is 1. The third-order valence-corrected chi connectivity index (χ3v) is 6.09. The average Bonchev–Trinajstić information content (AvgIpc) is 2.87. The first-order chi connectivity index (χ1) is 17.7. The molecule has 0 spiro atoms. The van der Waals surface area contributed by atoms with Crippen LogP contribution in [0.2, 0.25) is 5.02 Å². The minimum absolute atomic E-state index is 0.0251. The number of rotatable bonds is 10. The fraction of sp³-hybridized carbons (Fsp3) is 0.231. The van der Waals surface area contributed by atoms with Crippen LogP contribution in [0.3, 0.4) is 0 Å². The van der Waals surface area contributed by atoms with E-state index in [-0.39, 0.29) is 58.4 Å². The number of nitrogens with one attached hydrogen (secondary N) is 3. The van der Waals surface area contributed by atoms with Crippen molar-refractivity contribution >= 4 is 35.4 Å². The number of carboxylic acid groups (broad SMARTS) is 2. The van der Waals surface area contributed by atoms with E-state index in [2.05, 4.69) is 16.0 Å². The number of allylic oxidation sites excluding steroid dienone is 1. The van der Waals surface area contributed by atoms with Gasteiger partial charge in [0.1, 0.15) is 0 Å². The molecule has 3 rings (SSSR count). The molecule has 37 heavy (non-hydrogen) atoms. The van der Waals surface area contributed by atoms with Crippen LogP contribution < -0.4 is 16.0 Å². The van der Waals surface area contributed by atoms with Gasteiger partial charge < -0.3 is 30.9 Å². The van der Waals surface area contributed by atoms with Crippen molar-refractivity contribution in [2.45, 2.75) is 12.8 Å². The third kappa shape index (κ3) is 6.16. The Labute approximate surface area is 218 Å². The third-order valence-electron chi connectivity index (χ3n) is 5.74. The largest absolute Gasteiger partial charge is 0.478 e. The summed E-state index contributed by atoms with van der Waals surface area (Å²) in [6.07, 6.45) is 0. The molecular formula is C26H26ClN3O7. The van der Waals surface area contributed by atoms with Crippen molar-refractivity contribution in [1.82, 2.24) is 16.0 Å². The maximum Gasteiger partial charge on any atom is 0.334 e. The summed E-state index contributed by atoms with van der Waals surface area (Å²) in [6, 6.07) is 12.8. The number of amides is 2. The Morgan fingerprint density at radius 2 is 1.54 bits per heavy atom. The van der Waals surface area contributed by atoms with Crippen molar-refractivity contribution in [3.05, 3.63) is 92.8 Å². The van der Waals surface area contributed by atoms with Gasteiger partial charge in [0.25, 0.3) is 11.8 Å². The van der Waals surface area contributed by atoms with Gasteiger partial charge in [0, 0.05) is 24.3 Å². The van der Waals surface area contributed by atoms with Crippen molar-refractivity contribution in [1.29, 1.82) is 0 Å². The van der Waals surface area contributed by atoms with E-state index in [1.807, 2.05) is 0 Å². The van der Waals surface area contributed by atoms with Gasteiger partial charge in [-0.3, -0.25) is 9.59 Å². The van der Waals surface area contributed by atoms with Crippen LogP contribution >= 0.6 is 11.6 Å². The number of carbonyl (C=O) groups excluding carboxylic acids is 2. The first-order valence-electron chi connectivity index (χ1n) is 11.3. The SMILES string of the molecule is CNC(=O)c1ccccc1C(=O)NCCOCC1=C(C(=O)O)C(c2ccccc2Cl)C(C(=O)O)=C(C)N1. The zero-order valence-corrected chi connectivity index (χ0v) is 20.9. The van der Waals surface area contributed by atoms with E-state index in [4.69, 9.17) is 16.3 Å². The van der Waals surface area contributed by atoms with Crippen LogP contribution in [0.25, 0.3) is 0 Å². The van der Waals surface area contributed by atoms with Crippen LogP contribution in [-0.4, -0.2) is 60.8 Å². The quantitative estimate of drug-likeness (QED) is 0.295. The van der Waals surface area contributed by atoms with Crippen LogP contribution in [0, 0.1) is 0 Å². The van der Waals surface area contributed by atoms with Crippen molar-refractivity contribution in [3.63, 3.8) is 0 Å². The van der Waals surface area contributed by atoms with Gasteiger partial charge in [0.2, 0.25) is 0 Å². The number of hydrogen-bond donors (Lipinski definition) is 5. The van der Waals surface area contributed by atoms with Crippen LogP contribution in [-0.2, 0) is 14.3 Å². The number of halogens is 1. The lowest BCUT2D eigenvalue weighted by Gasteiger charge is -2.30. The molecular weight excluding hydrogens is 502 g/mol. The standard InChI is InChI=1S/C26H26ClN3O7/c1-14-20(25(33)34)21(17-9-5-6-10-18(17)27)22(26(35)36)19(30-14)13-37-12-11-29-24(32)16-8-4-3-7-15(16)23(31)28-2/h3-10,21,30H,11-13H2,1-2H3,(H,28,31)(H,29,32)(H,33,34)(H,35,36). The van der Waals surface area contributed by atoms with Crippen molar-refractivity contribution < 1.29 is 34.1 Å². The molecule has 1 unspecified atom stereocenters. The minimum atomic E-state index is -1.32. The fourth-order valence-corrected chi connectivity index (χ4v) is 4.33. The Bertz CT molecular complexity index is 1300. The molecule has 0 saturated heterocycles. The molecule has 0 bridgehead atoms. The van der Waals surface area contributed by atoms with Gasteiger partial charge in [0.05, 0.1) is 47.1 Å². The Kier molecular flexibility index (Phi) is 9.05. The highest BCUT2D eigenvalue weighted by atomic mass is 35.5. The molecule has 2 aromatic carbocycles. The lowest BCUT2D eigenvalue weighted by atomic mass is 9.80. The number of carbonyl (C=O) groups is 4. The molecule has 10 nitrogen and oxygen atoms in total. The maximum absolute atomic E-state index is 12.5. The number of aliphatic carboxylic acids is 2. The molecule has 5 N–H and O–H groups in total. The zero-order chi connectivity index (χ0) is 27.1. The number of ether oxygens (including phenoxy) is 1. The molecule has 0 aromatic heterocycles. The molecule has 0 fully saturated rings.